The molecule has 1 N–H and O–H groups in total. The Labute approximate surface area is 114 Å². The molecule has 0 spiro atoms. The van der Waals surface area contributed by atoms with Gasteiger partial charge in [0.25, 0.3) is 0 Å². The van der Waals surface area contributed by atoms with Gasteiger partial charge in [-0.1, -0.05) is 12.1 Å². The Kier molecular flexibility index (Phi) is 3.86. The van der Waals surface area contributed by atoms with Gasteiger partial charge in [0, 0.05) is 5.56 Å². The van der Waals surface area contributed by atoms with Crippen molar-refractivity contribution >= 4 is 15.9 Å². The van der Waals surface area contributed by atoms with Crippen molar-refractivity contribution < 1.29 is 27.4 Å². The van der Waals surface area contributed by atoms with Crippen LogP contribution >= 0.6 is 15.9 Å². The summed E-state index contributed by atoms with van der Waals surface area (Å²) in [6, 6.07) is 6.67. The average molecular weight is 337 g/mol. The average Bonchev–Trinajstić information content (AvgIpc) is 2.72. The van der Waals surface area contributed by atoms with Gasteiger partial charge in [0.2, 0.25) is 0 Å². The molecule has 0 saturated heterocycles. The molecule has 0 amide bonds. The predicted octanol–water partition coefficient (Wildman–Crippen LogP) is 4.02. The fraction of sp³-hybridized carbons (Fsp3) is 0.167. The third-order valence-electron chi connectivity index (χ3n) is 2.35. The standard InChI is InChI=1S/C12H8BrF3O3/c13-11-9(4-5-18-11)10(17)7-2-1-3-8(6-7)19-12(14,15)16/h1-6,10,17H. The Balaban J connectivity index is 2.26. The molecule has 1 aromatic carbocycles. The van der Waals surface area contributed by atoms with E-state index in [0.717, 1.165) is 12.1 Å². The van der Waals surface area contributed by atoms with Gasteiger partial charge in [0.15, 0.2) is 4.67 Å². The van der Waals surface area contributed by atoms with Gasteiger partial charge in [-0.25, -0.2) is 0 Å². The fourth-order valence-corrected chi connectivity index (χ4v) is 2.02. The van der Waals surface area contributed by atoms with Crippen LogP contribution in [-0.4, -0.2) is 11.5 Å². The zero-order chi connectivity index (χ0) is 14.0. The van der Waals surface area contributed by atoms with Crippen molar-refractivity contribution in [2.75, 3.05) is 0 Å². The fourth-order valence-electron chi connectivity index (χ4n) is 1.56. The maximum absolute atomic E-state index is 12.1. The zero-order valence-electron chi connectivity index (χ0n) is 9.32. The summed E-state index contributed by atoms with van der Waals surface area (Å²) in [5.74, 6) is -0.385. The van der Waals surface area contributed by atoms with Crippen molar-refractivity contribution in [3.8, 4) is 5.75 Å². The lowest BCUT2D eigenvalue weighted by Crippen LogP contribution is -2.17. The van der Waals surface area contributed by atoms with Crippen LogP contribution in [0.1, 0.15) is 17.2 Å². The first-order valence-electron chi connectivity index (χ1n) is 5.13. The second-order valence-corrected chi connectivity index (χ2v) is 4.39. The van der Waals surface area contributed by atoms with E-state index >= 15 is 0 Å². The van der Waals surface area contributed by atoms with E-state index < -0.39 is 12.5 Å². The summed E-state index contributed by atoms with van der Waals surface area (Å²) in [6.45, 7) is 0. The van der Waals surface area contributed by atoms with E-state index in [1.165, 1.54) is 24.5 Å². The zero-order valence-corrected chi connectivity index (χ0v) is 10.9. The molecular weight excluding hydrogens is 329 g/mol. The van der Waals surface area contributed by atoms with Crippen LogP contribution in [0, 0.1) is 0 Å². The van der Waals surface area contributed by atoms with Crippen LogP contribution < -0.4 is 4.74 Å². The van der Waals surface area contributed by atoms with Gasteiger partial charge < -0.3 is 14.3 Å². The number of halogens is 4. The topological polar surface area (TPSA) is 42.6 Å². The summed E-state index contributed by atoms with van der Waals surface area (Å²) in [5.41, 5.74) is 0.688. The minimum atomic E-state index is -4.76. The number of benzene rings is 1. The number of ether oxygens (including phenoxy) is 1. The van der Waals surface area contributed by atoms with Crippen LogP contribution in [0.3, 0.4) is 0 Å². The van der Waals surface area contributed by atoms with E-state index in [9.17, 15) is 18.3 Å². The van der Waals surface area contributed by atoms with Crippen molar-refractivity contribution in [1.82, 2.24) is 0 Å². The quantitative estimate of drug-likeness (QED) is 0.920. The summed E-state index contributed by atoms with van der Waals surface area (Å²) in [5, 5.41) is 10.1. The number of furan rings is 1. The minimum Gasteiger partial charge on any atom is -0.457 e. The van der Waals surface area contributed by atoms with Gasteiger partial charge in [-0.15, -0.1) is 13.2 Å². The molecule has 7 heteroatoms. The Morgan fingerprint density at radius 1 is 1.26 bits per heavy atom. The number of alkyl halides is 3. The maximum atomic E-state index is 12.1. The monoisotopic (exact) mass is 336 g/mol. The van der Waals surface area contributed by atoms with Crippen LogP contribution in [0.15, 0.2) is 45.7 Å². The molecule has 2 aromatic rings. The van der Waals surface area contributed by atoms with Crippen molar-refractivity contribution in [2.45, 2.75) is 12.5 Å². The summed E-state index contributed by atoms with van der Waals surface area (Å²) < 4.78 is 45.4. The highest BCUT2D eigenvalue weighted by atomic mass is 79.9. The van der Waals surface area contributed by atoms with E-state index in [1.54, 1.807) is 0 Å². The minimum absolute atomic E-state index is 0.267. The number of hydrogen-bond donors (Lipinski definition) is 1. The first kappa shape index (κ1) is 14.0. The normalized spacial score (nSPS) is 13.3. The summed E-state index contributed by atoms with van der Waals surface area (Å²) in [4.78, 5) is 0. The molecule has 0 saturated carbocycles. The lowest BCUT2D eigenvalue weighted by atomic mass is 10.0. The summed E-state index contributed by atoms with van der Waals surface area (Å²) in [7, 11) is 0. The Bertz CT molecular complexity index is 565. The van der Waals surface area contributed by atoms with Crippen LogP contribution in [0.4, 0.5) is 13.2 Å². The molecule has 102 valence electrons. The van der Waals surface area contributed by atoms with Crippen molar-refractivity contribution in [3.05, 3.63) is 52.4 Å². The number of rotatable bonds is 3. The summed E-state index contributed by atoms with van der Waals surface area (Å²) >= 11 is 3.09. The largest absolute Gasteiger partial charge is 0.573 e. The van der Waals surface area contributed by atoms with Gasteiger partial charge in [-0.05, 0) is 39.7 Å². The lowest BCUT2D eigenvalue weighted by molar-refractivity contribution is -0.274. The number of aliphatic hydroxyl groups is 1. The van der Waals surface area contributed by atoms with E-state index in [1.807, 2.05) is 0 Å². The molecule has 1 unspecified atom stereocenters. The molecule has 1 heterocycles. The highest BCUT2D eigenvalue weighted by Crippen LogP contribution is 2.32. The lowest BCUT2D eigenvalue weighted by Gasteiger charge is -2.13. The second-order valence-electron chi connectivity index (χ2n) is 3.67. The van der Waals surface area contributed by atoms with Gasteiger partial charge in [0.1, 0.15) is 11.9 Å². The van der Waals surface area contributed by atoms with Crippen LogP contribution in [-0.2, 0) is 0 Å². The molecule has 0 aliphatic rings. The van der Waals surface area contributed by atoms with E-state index in [2.05, 4.69) is 20.7 Å². The van der Waals surface area contributed by atoms with E-state index in [0.29, 0.717) is 10.2 Å². The molecule has 0 bridgehead atoms. The first-order chi connectivity index (χ1) is 8.87. The highest BCUT2D eigenvalue weighted by Gasteiger charge is 2.31. The van der Waals surface area contributed by atoms with Crippen molar-refractivity contribution in [1.29, 1.82) is 0 Å². The molecule has 0 aliphatic heterocycles. The third kappa shape index (κ3) is 3.51. The van der Waals surface area contributed by atoms with Gasteiger partial charge >= 0.3 is 6.36 Å². The van der Waals surface area contributed by atoms with Crippen LogP contribution in [0.5, 0.6) is 5.75 Å². The molecule has 2 rings (SSSR count). The Morgan fingerprint density at radius 3 is 2.58 bits per heavy atom. The van der Waals surface area contributed by atoms with Gasteiger partial charge in [0.05, 0.1) is 6.26 Å². The van der Waals surface area contributed by atoms with E-state index in [-0.39, 0.29) is 11.3 Å². The molecule has 19 heavy (non-hydrogen) atoms. The maximum Gasteiger partial charge on any atom is 0.573 e. The third-order valence-corrected chi connectivity index (χ3v) is 2.99. The molecule has 0 fully saturated rings. The highest BCUT2D eigenvalue weighted by molar-refractivity contribution is 9.10. The predicted molar refractivity (Wildman–Crippen MR) is 63.6 cm³/mol. The van der Waals surface area contributed by atoms with Gasteiger partial charge in [-0.2, -0.15) is 0 Å². The number of aliphatic hydroxyl groups excluding tert-OH is 1. The molecule has 0 radical (unpaired) electrons. The van der Waals surface area contributed by atoms with Crippen molar-refractivity contribution in [2.24, 2.45) is 0 Å². The first-order valence-corrected chi connectivity index (χ1v) is 5.93. The SMILES string of the molecule is OC(c1cccc(OC(F)(F)F)c1)c1ccoc1Br. The summed E-state index contributed by atoms with van der Waals surface area (Å²) in [6.07, 6.45) is -4.51. The molecule has 0 aliphatic carbocycles. The van der Waals surface area contributed by atoms with Crippen LogP contribution in [0.2, 0.25) is 0 Å². The van der Waals surface area contributed by atoms with Crippen LogP contribution in [0.25, 0.3) is 0 Å². The number of hydrogen-bond acceptors (Lipinski definition) is 3. The molecule has 1 atom stereocenters. The van der Waals surface area contributed by atoms with E-state index in [4.69, 9.17) is 4.42 Å². The molecule has 3 nitrogen and oxygen atoms in total. The molecule has 1 aromatic heterocycles. The smallest absolute Gasteiger partial charge is 0.457 e. The van der Waals surface area contributed by atoms with Crippen molar-refractivity contribution in [3.63, 3.8) is 0 Å². The van der Waals surface area contributed by atoms with Gasteiger partial charge in [-0.3, -0.25) is 0 Å². The Hall–Kier alpha value is -1.47. The molecular formula is C12H8BrF3O3. The second kappa shape index (κ2) is 5.26. The Morgan fingerprint density at radius 2 is 2.00 bits per heavy atom.